The number of nitrogens with one attached hydrogen (secondary N) is 1. The van der Waals surface area contributed by atoms with Gasteiger partial charge in [0.05, 0.1) is 36.7 Å². The zero-order valence-electron chi connectivity index (χ0n) is 21.1. The molecule has 0 aliphatic heterocycles. The van der Waals surface area contributed by atoms with Gasteiger partial charge in [0.25, 0.3) is 0 Å². The minimum Gasteiger partial charge on any atom is -0.494 e. The van der Waals surface area contributed by atoms with Gasteiger partial charge in [0.15, 0.2) is 28.2 Å². The van der Waals surface area contributed by atoms with E-state index in [0.717, 1.165) is 16.2 Å². The molecule has 0 saturated heterocycles. The molecule has 0 fully saturated rings. The van der Waals surface area contributed by atoms with Gasteiger partial charge in [-0.05, 0) is 42.0 Å². The topological polar surface area (TPSA) is 86.2 Å². The summed E-state index contributed by atoms with van der Waals surface area (Å²) in [7, 11) is 2.73. The number of esters is 1. The highest BCUT2D eigenvalue weighted by Gasteiger charge is 2.21. The highest BCUT2D eigenvalue weighted by atomic mass is 32.1. The van der Waals surface area contributed by atoms with E-state index in [1.807, 2.05) is 31.4 Å². The molecule has 4 aromatic rings. The number of carbonyl (C=O) groups excluding carboxylic acids is 1. The van der Waals surface area contributed by atoms with Gasteiger partial charge in [-0.3, -0.25) is 0 Å². The molecule has 0 unspecified atom stereocenters. The van der Waals surface area contributed by atoms with Gasteiger partial charge in [0.2, 0.25) is 0 Å². The number of hydrogen-bond donors (Lipinski definition) is 1. The Morgan fingerprint density at radius 3 is 2.56 bits per heavy atom. The third kappa shape index (κ3) is 6.24. The van der Waals surface area contributed by atoms with Crippen molar-refractivity contribution in [2.24, 2.45) is 5.92 Å². The van der Waals surface area contributed by atoms with E-state index in [1.54, 1.807) is 18.3 Å². The van der Waals surface area contributed by atoms with Crippen molar-refractivity contribution in [2.45, 2.75) is 34.1 Å². The fourth-order valence-corrected chi connectivity index (χ4v) is 5.19. The Labute approximate surface area is 218 Å². The molecule has 4 rings (SSSR count). The zero-order valence-corrected chi connectivity index (χ0v) is 22.7. The van der Waals surface area contributed by atoms with Gasteiger partial charge < -0.3 is 14.8 Å². The van der Waals surface area contributed by atoms with E-state index in [2.05, 4.69) is 29.1 Å². The zero-order chi connectivity index (χ0) is 26.2. The second kappa shape index (κ2) is 12.5. The highest BCUT2D eigenvalue weighted by molar-refractivity contribution is 7.16. The number of thiophene rings is 1. The molecular formula is C26H29FN4O3S2. The summed E-state index contributed by atoms with van der Waals surface area (Å²) in [5.41, 5.74) is 1.96. The fraction of sp³-hybridized carbons (Fsp3) is 0.308. The lowest BCUT2D eigenvalue weighted by molar-refractivity contribution is 0.0595. The summed E-state index contributed by atoms with van der Waals surface area (Å²) < 4.78 is 24.3. The molecule has 7 nitrogen and oxygen atoms in total. The van der Waals surface area contributed by atoms with Crippen LogP contribution in [0.5, 0.6) is 5.75 Å². The van der Waals surface area contributed by atoms with E-state index in [9.17, 15) is 9.18 Å². The number of aromatic nitrogens is 3. The summed E-state index contributed by atoms with van der Waals surface area (Å²) in [5.74, 6) is -0.285. The maximum atomic E-state index is 14.4. The Kier molecular flexibility index (Phi) is 9.49. The number of nitrogens with zero attached hydrogens (tertiary/aromatic N) is 3. The molecule has 0 bridgehead atoms. The van der Waals surface area contributed by atoms with E-state index in [4.69, 9.17) is 14.5 Å². The van der Waals surface area contributed by atoms with Gasteiger partial charge in [-0.25, -0.2) is 24.1 Å². The average Bonchev–Trinajstić information content (AvgIpc) is 3.55. The van der Waals surface area contributed by atoms with E-state index in [1.165, 1.54) is 43.0 Å². The predicted octanol–water partition coefficient (Wildman–Crippen LogP) is 7.23. The number of anilines is 2. The third-order valence-electron chi connectivity index (χ3n) is 4.87. The van der Waals surface area contributed by atoms with Gasteiger partial charge in [0.1, 0.15) is 0 Å². The van der Waals surface area contributed by atoms with Crippen LogP contribution < -0.4 is 10.1 Å². The summed E-state index contributed by atoms with van der Waals surface area (Å²) in [4.78, 5) is 27.9. The van der Waals surface area contributed by atoms with E-state index in [0.29, 0.717) is 28.0 Å². The quantitative estimate of drug-likeness (QED) is 0.241. The first-order chi connectivity index (χ1) is 17.4. The number of methoxy groups -OCH3 is 2. The van der Waals surface area contributed by atoms with Crippen LogP contribution in [0.1, 0.15) is 43.1 Å². The van der Waals surface area contributed by atoms with Gasteiger partial charge in [0, 0.05) is 10.4 Å². The molecule has 0 amide bonds. The molecule has 190 valence electrons. The second-order valence-corrected chi connectivity index (χ2v) is 9.82. The van der Waals surface area contributed by atoms with Gasteiger partial charge >= 0.3 is 5.97 Å². The molecule has 0 atom stereocenters. The number of hydrogen-bond acceptors (Lipinski definition) is 9. The Bertz CT molecular complexity index is 1310. The minimum absolute atomic E-state index is 0.0612. The Hall–Kier alpha value is -3.37. The van der Waals surface area contributed by atoms with E-state index >= 15 is 0 Å². The van der Waals surface area contributed by atoms with Crippen LogP contribution in [0.4, 0.5) is 15.3 Å². The second-order valence-electron chi connectivity index (χ2n) is 7.78. The van der Waals surface area contributed by atoms with Gasteiger partial charge in [-0.15, -0.1) is 22.7 Å². The molecule has 3 aromatic heterocycles. The normalized spacial score (nSPS) is 10.6. The minimum atomic E-state index is -0.607. The monoisotopic (exact) mass is 528 g/mol. The number of rotatable bonds is 8. The van der Waals surface area contributed by atoms with Crippen molar-refractivity contribution in [1.82, 2.24) is 15.0 Å². The van der Waals surface area contributed by atoms with Crippen molar-refractivity contribution < 1.29 is 18.7 Å². The first kappa shape index (κ1) is 27.2. The maximum Gasteiger partial charge on any atom is 0.360 e. The molecule has 1 N–H and O–H groups in total. The standard InChI is InChI=1S/C24H23FN4O3S2.C2H6/c1-13(2)10-19-20(14-7-8-17(31-3)15(25)11-14)28-24(34-19)29-22-21(23(30)32-4)27-16(12-26-22)18-6-5-9-33-18;1-2/h5-9,11-13H,10H2,1-4H3,(H,26,28,29);1-2H3. The third-order valence-corrected chi connectivity index (χ3v) is 6.75. The van der Waals surface area contributed by atoms with Crippen LogP contribution in [0.2, 0.25) is 0 Å². The number of thiazole rings is 1. The van der Waals surface area contributed by atoms with Crippen LogP contribution in [-0.4, -0.2) is 35.1 Å². The molecule has 0 aliphatic rings. The average molecular weight is 529 g/mol. The molecular weight excluding hydrogens is 499 g/mol. The summed E-state index contributed by atoms with van der Waals surface area (Å²) in [6.07, 6.45) is 2.36. The lowest BCUT2D eigenvalue weighted by atomic mass is 10.0. The SMILES string of the molecule is CC.COC(=O)c1nc(-c2cccs2)cnc1Nc1nc(-c2ccc(OC)c(F)c2)c(CC(C)C)s1. The molecule has 0 spiro atoms. The van der Waals surface area contributed by atoms with Crippen LogP contribution in [0.3, 0.4) is 0 Å². The molecule has 1 aromatic carbocycles. The Balaban J connectivity index is 0.00000176. The van der Waals surface area contributed by atoms with Crippen molar-refractivity contribution in [3.05, 3.63) is 58.3 Å². The van der Waals surface area contributed by atoms with Crippen molar-refractivity contribution in [2.75, 3.05) is 19.5 Å². The molecule has 3 heterocycles. The molecule has 36 heavy (non-hydrogen) atoms. The number of halogens is 1. The van der Waals surface area contributed by atoms with Crippen LogP contribution in [0.25, 0.3) is 21.8 Å². The molecule has 0 saturated carbocycles. The number of ether oxygens (including phenoxy) is 2. The predicted molar refractivity (Wildman–Crippen MR) is 144 cm³/mol. The van der Waals surface area contributed by atoms with E-state index in [-0.39, 0.29) is 17.3 Å². The summed E-state index contributed by atoms with van der Waals surface area (Å²) in [6, 6.07) is 8.58. The fourth-order valence-electron chi connectivity index (χ4n) is 3.32. The van der Waals surface area contributed by atoms with Crippen LogP contribution in [0.15, 0.2) is 41.9 Å². The molecule has 10 heteroatoms. The number of benzene rings is 1. The summed E-state index contributed by atoms with van der Waals surface area (Å²) in [6.45, 7) is 8.21. The Morgan fingerprint density at radius 2 is 1.94 bits per heavy atom. The van der Waals surface area contributed by atoms with Crippen molar-refractivity contribution in [3.8, 4) is 27.6 Å². The van der Waals surface area contributed by atoms with Crippen LogP contribution in [-0.2, 0) is 11.2 Å². The first-order valence-electron chi connectivity index (χ1n) is 11.5. The smallest absolute Gasteiger partial charge is 0.360 e. The lowest BCUT2D eigenvalue weighted by Crippen LogP contribution is -2.10. The van der Waals surface area contributed by atoms with Crippen molar-refractivity contribution >= 4 is 39.6 Å². The number of carbonyl (C=O) groups is 1. The largest absolute Gasteiger partial charge is 0.494 e. The van der Waals surface area contributed by atoms with Crippen LogP contribution in [0, 0.1) is 11.7 Å². The van der Waals surface area contributed by atoms with Gasteiger partial charge in [-0.1, -0.05) is 33.8 Å². The Morgan fingerprint density at radius 1 is 1.17 bits per heavy atom. The molecule has 0 radical (unpaired) electrons. The highest BCUT2D eigenvalue weighted by Crippen LogP contribution is 2.36. The molecule has 0 aliphatic carbocycles. The van der Waals surface area contributed by atoms with Gasteiger partial charge in [-0.2, -0.15) is 0 Å². The first-order valence-corrected chi connectivity index (χ1v) is 13.2. The van der Waals surface area contributed by atoms with Crippen molar-refractivity contribution in [1.29, 1.82) is 0 Å². The maximum absolute atomic E-state index is 14.4. The van der Waals surface area contributed by atoms with E-state index < -0.39 is 11.8 Å². The lowest BCUT2D eigenvalue weighted by Gasteiger charge is -2.08. The van der Waals surface area contributed by atoms with Crippen LogP contribution >= 0.6 is 22.7 Å². The summed E-state index contributed by atoms with van der Waals surface area (Å²) >= 11 is 2.93. The summed E-state index contributed by atoms with van der Waals surface area (Å²) in [5, 5.41) is 5.56. The van der Waals surface area contributed by atoms with Crippen molar-refractivity contribution in [3.63, 3.8) is 0 Å².